The van der Waals surface area contributed by atoms with Gasteiger partial charge in [0.15, 0.2) is 5.78 Å². The molecule has 0 amide bonds. The summed E-state index contributed by atoms with van der Waals surface area (Å²) in [5.74, 6) is -0.682. The quantitative estimate of drug-likeness (QED) is 0.684. The van der Waals surface area contributed by atoms with Gasteiger partial charge in [0, 0.05) is 18.5 Å². The topological polar surface area (TPSA) is 66.4 Å². The lowest BCUT2D eigenvalue weighted by atomic mass is 10.1. The van der Waals surface area contributed by atoms with Crippen LogP contribution in [0.25, 0.3) is 0 Å². The Morgan fingerprint density at radius 3 is 2.55 bits per heavy atom. The number of halogens is 1. The Kier molecular flexibility index (Phi) is 7.25. The van der Waals surface area contributed by atoms with Crippen LogP contribution < -0.4 is 5.32 Å². The van der Waals surface area contributed by atoms with Crippen molar-refractivity contribution >= 4 is 23.5 Å². The maximum Gasteiger partial charge on any atom is 0.320 e. The highest BCUT2D eigenvalue weighted by atomic mass is 32.2. The minimum atomic E-state index is -0.909. The van der Waals surface area contributed by atoms with E-state index < -0.39 is 12.0 Å². The third-order valence-corrected chi connectivity index (χ3v) is 3.46. The van der Waals surface area contributed by atoms with Crippen molar-refractivity contribution in [2.45, 2.75) is 18.9 Å². The van der Waals surface area contributed by atoms with Gasteiger partial charge in [-0.3, -0.25) is 9.59 Å². The normalized spacial score (nSPS) is 12.1. The highest BCUT2D eigenvalue weighted by Crippen LogP contribution is 2.06. The van der Waals surface area contributed by atoms with Crippen LogP contribution in [0.1, 0.15) is 23.2 Å². The number of carboxylic acids is 1. The molecule has 1 aromatic rings. The minimum Gasteiger partial charge on any atom is -0.480 e. The molecular weight excluding hydrogens is 281 g/mol. The molecule has 0 aliphatic heterocycles. The number of carbonyl (C=O) groups excluding carboxylic acids is 1. The summed E-state index contributed by atoms with van der Waals surface area (Å²) in [6.45, 7) is 0.293. The van der Waals surface area contributed by atoms with E-state index in [-0.39, 0.29) is 18.0 Å². The molecule has 20 heavy (non-hydrogen) atoms. The lowest BCUT2D eigenvalue weighted by Crippen LogP contribution is -2.38. The third-order valence-electron chi connectivity index (χ3n) is 2.82. The van der Waals surface area contributed by atoms with Crippen molar-refractivity contribution in [3.8, 4) is 0 Å². The minimum absolute atomic E-state index is 0.133. The van der Waals surface area contributed by atoms with E-state index >= 15 is 0 Å². The van der Waals surface area contributed by atoms with E-state index in [2.05, 4.69) is 5.32 Å². The first kappa shape index (κ1) is 16.7. The Labute approximate surface area is 121 Å². The van der Waals surface area contributed by atoms with Gasteiger partial charge in [-0.25, -0.2) is 4.39 Å². The first-order valence-corrected chi connectivity index (χ1v) is 7.68. The average Bonchev–Trinajstić information content (AvgIpc) is 2.42. The van der Waals surface area contributed by atoms with Crippen LogP contribution in [0.4, 0.5) is 4.39 Å². The van der Waals surface area contributed by atoms with Gasteiger partial charge in [-0.15, -0.1) is 0 Å². The van der Waals surface area contributed by atoms with E-state index in [1.807, 2.05) is 6.26 Å². The fraction of sp³-hybridized carbons (Fsp3) is 0.429. The number of rotatable bonds is 9. The van der Waals surface area contributed by atoms with Crippen LogP contribution in [0.15, 0.2) is 24.3 Å². The molecule has 1 unspecified atom stereocenters. The van der Waals surface area contributed by atoms with Crippen LogP contribution in [-0.2, 0) is 4.79 Å². The first-order chi connectivity index (χ1) is 9.54. The van der Waals surface area contributed by atoms with Gasteiger partial charge in [0.1, 0.15) is 11.9 Å². The number of ketones is 1. The summed E-state index contributed by atoms with van der Waals surface area (Å²) in [6, 6.07) is 4.70. The molecule has 1 rings (SSSR count). The number of hydrogen-bond acceptors (Lipinski definition) is 4. The predicted octanol–water partition coefficient (Wildman–Crippen LogP) is 2.19. The fourth-order valence-corrected chi connectivity index (χ4v) is 2.16. The smallest absolute Gasteiger partial charge is 0.320 e. The molecule has 0 aliphatic rings. The van der Waals surface area contributed by atoms with Gasteiger partial charge in [0.2, 0.25) is 0 Å². The van der Waals surface area contributed by atoms with Crippen LogP contribution in [0.5, 0.6) is 0 Å². The molecule has 0 heterocycles. The van der Waals surface area contributed by atoms with Crippen molar-refractivity contribution < 1.29 is 19.1 Å². The van der Waals surface area contributed by atoms with Crippen molar-refractivity contribution in [1.82, 2.24) is 5.32 Å². The van der Waals surface area contributed by atoms with Gasteiger partial charge in [0.25, 0.3) is 0 Å². The van der Waals surface area contributed by atoms with Crippen LogP contribution in [0, 0.1) is 5.82 Å². The molecule has 0 bridgehead atoms. The number of carbonyl (C=O) groups is 2. The molecule has 0 fully saturated rings. The Morgan fingerprint density at radius 1 is 1.35 bits per heavy atom. The van der Waals surface area contributed by atoms with E-state index in [4.69, 9.17) is 5.11 Å². The average molecular weight is 299 g/mol. The molecule has 0 radical (unpaired) electrons. The largest absolute Gasteiger partial charge is 0.480 e. The third kappa shape index (κ3) is 5.71. The molecule has 4 nitrogen and oxygen atoms in total. The molecule has 0 saturated carbocycles. The summed E-state index contributed by atoms with van der Waals surface area (Å²) in [4.78, 5) is 22.8. The Hall–Kier alpha value is -1.40. The lowest BCUT2D eigenvalue weighted by molar-refractivity contribution is -0.139. The van der Waals surface area contributed by atoms with E-state index in [0.717, 1.165) is 5.75 Å². The molecule has 110 valence electrons. The number of carboxylic acid groups (broad SMARTS) is 1. The molecule has 1 aromatic carbocycles. The molecule has 6 heteroatoms. The zero-order valence-corrected chi connectivity index (χ0v) is 12.1. The van der Waals surface area contributed by atoms with Crippen LogP contribution in [-0.4, -0.2) is 41.5 Å². The van der Waals surface area contributed by atoms with Crippen molar-refractivity contribution in [3.05, 3.63) is 35.6 Å². The summed E-state index contributed by atoms with van der Waals surface area (Å²) in [5, 5.41) is 11.9. The lowest BCUT2D eigenvalue weighted by Gasteiger charge is -2.13. The van der Waals surface area contributed by atoms with Gasteiger partial charge in [-0.1, -0.05) is 0 Å². The number of Topliss-reactive ketones (excluding diaryl/α,β-unsaturated/α-hetero) is 1. The van der Waals surface area contributed by atoms with Crippen molar-refractivity contribution in [1.29, 1.82) is 0 Å². The van der Waals surface area contributed by atoms with Crippen LogP contribution in [0.3, 0.4) is 0 Å². The molecule has 0 aliphatic carbocycles. The number of hydrogen-bond donors (Lipinski definition) is 2. The molecule has 2 N–H and O–H groups in total. The van der Waals surface area contributed by atoms with E-state index in [9.17, 15) is 14.0 Å². The summed E-state index contributed by atoms with van der Waals surface area (Å²) in [5.41, 5.74) is 0.434. The van der Waals surface area contributed by atoms with Crippen molar-refractivity contribution in [2.75, 3.05) is 18.6 Å². The zero-order valence-electron chi connectivity index (χ0n) is 11.3. The summed E-state index contributed by atoms with van der Waals surface area (Å²) >= 11 is 1.58. The second kappa shape index (κ2) is 8.71. The first-order valence-electron chi connectivity index (χ1n) is 6.28. The molecule has 0 saturated heterocycles. The maximum atomic E-state index is 12.7. The van der Waals surface area contributed by atoms with Crippen LogP contribution in [0.2, 0.25) is 0 Å². The highest BCUT2D eigenvalue weighted by Gasteiger charge is 2.16. The molecular formula is C14H18FNO3S. The molecule has 0 spiro atoms. The summed E-state index contributed by atoms with van der Waals surface area (Å²) in [6.07, 6.45) is 2.62. The second-order valence-electron chi connectivity index (χ2n) is 4.31. The van der Waals surface area contributed by atoms with E-state index in [1.54, 1.807) is 11.8 Å². The predicted molar refractivity (Wildman–Crippen MR) is 77.8 cm³/mol. The summed E-state index contributed by atoms with van der Waals surface area (Å²) < 4.78 is 12.7. The van der Waals surface area contributed by atoms with Gasteiger partial charge in [-0.2, -0.15) is 11.8 Å². The van der Waals surface area contributed by atoms with Gasteiger partial charge < -0.3 is 10.4 Å². The monoisotopic (exact) mass is 299 g/mol. The number of thioether (sulfide) groups is 1. The maximum absolute atomic E-state index is 12.7. The van der Waals surface area contributed by atoms with Gasteiger partial charge >= 0.3 is 5.97 Å². The number of aliphatic carboxylic acids is 1. The van der Waals surface area contributed by atoms with Gasteiger partial charge in [-0.05, 0) is 42.7 Å². The summed E-state index contributed by atoms with van der Waals surface area (Å²) in [7, 11) is 0. The molecule has 0 aromatic heterocycles. The van der Waals surface area contributed by atoms with Crippen molar-refractivity contribution in [2.24, 2.45) is 0 Å². The van der Waals surface area contributed by atoms with Gasteiger partial charge in [0.05, 0.1) is 0 Å². The van der Waals surface area contributed by atoms with Crippen molar-refractivity contribution in [3.63, 3.8) is 0 Å². The Morgan fingerprint density at radius 2 is 2.00 bits per heavy atom. The van der Waals surface area contributed by atoms with E-state index in [0.29, 0.717) is 18.5 Å². The number of benzene rings is 1. The second-order valence-corrected chi connectivity index (χ2v) is 5.29. The van der Waals surface area contributed by atoms with E-state index in [1.165, 1.54) is 24.3 Å². The fourth-order valence-electron chi connectivity index (χ4n) is 1.69. The Bertz CT molecular complexity index is 450. The van der Waals surface area contributed by atoms with Crippen LogP contribution >= 0.6 is 11.8 Å². The molecule has 1 atom stereocenters. The standard InChI is InChI=1S/C14H18FNO3S/c1-20-9-7-12(14(18)19)16-8-6-13(17)10-2-4-11(15)5-3-10/h2-5,12,16H,6-9H2,1H3,(H,18,19). The highest BCUT2D eigenvalue weighted by molar-refractivity contribution is 7.98. The zero-order chi connectivity index (χ0) is 15.0. The number of nitrogens with one attached hydrogen (secondary N) is 1. The Balaban J connectivity index is 2.40. The SMILES string of the molecule is CSCCC(NCCC(=O)c1ccc(F)cc1)C(=O)O.